The molecule has 2 aliphatic heterocycles. The predicted octanol–water partition coefficient (Wildman–Crippen LogP) is 2.25. The van der Waals surface area contributed by atoms with E-state index in [9.17, 15) is 0 Å². The van der Waals surface area contributed by atoms with Crippen LogP contribution < -0.4 is 0 Å². The van der Waals surface area contributed by atoms with Crippen LogP contribution in [0.25, 0.3) is 12.2 Å². The van der Waals surface area contributed by atoms with Crippen LogP contribution in [-0.2, 0) is 0 Å². The minimum Gasteiger partial charge on any atom is -0.311 e. The van der Waals surface area contributed by atoms with Crippen molar-refractivity contribution in [1.29, 1.82) is 5.26 Å². The van der Waals surface area contributed by atoms with Gasteiger partial charge in [0.1, 0.15) is 5.82 Å². The smallest absolute Gasteiger partial charge is 0.157 e. The Morgan fingerprint density at radius 1 is 1.25 bits per heavy atom. The highest BCUT2D eigenvalue weighted by Gasteiger charge is 2.23. The number of rotatable bonds is 0. The molecule has 76 valence electrons. The van der Waals surface area contributed by atoms with E-state index in [4.69, 9.17) is 5.26 Å². The van der Waals surface area contributed by atoms with Gasteiger partial charge in [-0.25, -0.2) is 4.99 Å². The van der Waals surface area contributed by atoms with E-state index < -0.39 is 0 Å². The van der Waals surface area contributed by atoms with Crippen molar-refractivity contribution in [3.05, 3.63) is 47.4 Å². The van der Waals surface area contributed by atoms with Crippen LogP contribution in [0.4, 0.5) is 0 Å². The Labute approximate surface area is 93.6 Å². The average Bonchev–Trinajstić information content (AvgIpc) is 2.61. The van der Waals surface area contributed by atoms with E-state index in [0.717, 1.165) is 16.9 Å². The van der Waals surface area contributed by atoms with E-state index in [1.54, 1.807) is 6.21 Å². The van der Waals surface area contributed by atoms with Crippen molar-refractivity contribution >= 4 is 18.4 Å². The van der Waals surface area contributed by atoms with Crippen LogP contribution >= 0.6 is 0 Å². The molecule has 0 saturated carbocycles. The van der Waals surface area contributed by atoms with Crippen LogP contribution in [0.3, 0.4) is 0 Å². The Morgan fingerprint density at radius 3 is 2.88 bits per heavy atom. The lowest BCUT2D eigenvalue weighted by atomic mass is 10.1. The number of benzene rings is 1. The second kappa shape index (κ2) is 3.35. The zero-order chi connectivity index (χ0) is 11.0. The molecule has 0 amide bonds. The van der Waals surface area contributed by atoms with Crippen molar-refractivity contribution in [3.8, 4) is 6.07 Å². The van der Waals surface area contributed by atoms with Gasteiger partial charge in [0.15, 0.2) is 6.04 Å². The van der Waals surface area contributed by atoms with Crippen LogP contribution in [0.5, 0.6) is 0 Å². The molecule has 1 aromatic carbocycles. The normalized spacial score (nSPS) is 20.8. The molecule has 2 aliphatic rings. The summed E-state index contributed by atoms with van der Waals surface area (Å²) in [5, 5.41) is 8.97. The molecule has 3 nitrogen and oxygen atoms in total. The second-order valence-corrected chi connectivity index (χ2v) is 3.71. The van der Waals surface area contributed by atoms with Crippen molar-refractivity contribution < 1.29 is 0 Å². The predicted molar refractivity (Wildman–Crippen MR) is 63.2 cm³/mol. The second-order valence-electron chi connectivity index (χ2n) is 3.71. The van der Waals surface area contributed by atoms with Crippen LogP contribution in [0.15, 0.2) is 41.3 Å². The minimum absolute atomic E-state index is 0.281. The maximum atomic E-state index is 8.97. The summed E-state index contributed by atoms with van der Waals surface area (Å²) in [4.78, 5) is 6.13. The van der Waals surface area contributed by atoms with Crippen molar-refractivity contribution in [2.75, 3.05) is 0 Å². The van der Waals surface area contributed by atoms with Crippen LogP contribution in [0, 0.1) is 11.3 Å². The summed E-state index contributed by atoms with van der Waals surface area (Å²) in [5.74, 6) is 0.827. The van der Waals surface area contributed by atoms with Gasteiger partial charge in [0.05, 0.1) is 6.07 Å². The molecule has 0 spiro atoms. The highest BCUT2D eigenvalue weighted by Crippen LogP contribution is 2.26. The molecule has 1 aromatic rings. The number of fused-ring (bicyclic) bond motifs is 2. The molecule has 0 radical (unpaired) electrons. The van der Waals surface area contributed by atoms with Gasteiger partial charge in [0.25, 0.3) is 0 Å². The van der Waals surface area contributed by atoms with Gasteiger partial charge in [-0.15, -0.1) is 0 Å². The van der Waals surface area contributed by atoms with Crippen LogP contribution in [-0.4, -0.2) is 17.2 Å². The van der Waals surface area contributed by atoms with E-state index in [1.807, 2.05) is 41.5 Å². The summed E-state index contributed by atoms with van der Waals surface area (Å²) < 4.78 is 0. The molecule has 0 N–H and O–H groups in total. The fraction of sp³-hybridized carbons (Fsp3) is 0.0769. The molecule has 1 unspecified atom stereocenters. The van der Waals surface area contributed by atoms with Gasteiger partial charge in [-0.3, -0.25) is 0 Å². The third-order valence-corrected chi connectivity index (χ3v) is 2.74. The number of nitriles is 1. The van der Waals surface area contributed by atoms with Gasteiger partial charge < -0.3 is 4.90 Å². The molecule has 3 heteroatoms. The number of nitrogens with zero attached hydrogens (tertiary/aromatic N) is 3. The van der Waals surface area contributed by atoms with Crippen LogP contribution in [0.1, 0.15) is 11.1 Å². The lowest BCUT2D eigenvalue weighted by Crippen LogP contribution is -2.23. The first-order chi connectivity index (χ1) is 7.88. The Morgan fingerprint density at radius 2 is 2.06 bits per heavy atom. The molecular weight excluding hydrogens is 198 g/mol. The summed E-state index contributed by atoms with van der Waals surface area (Å²) in [7, 11) is 0. The Kier molecular flexibility index (Phi) is 1.87. The summed E-state index contributed by atoms with van der Waals surface area (Å²) in [6.45, 7) is 0. The number of aliphatic imine (C=N–C) groups is 1. The maximum Gasteiger partial charge on any atom is 0.157 e. The van der Waals surface area contributed by atoms with E-state index in [0.29, 0.717) is 0 Å². The van der Waals surface area contributed by atoms with Gasteiger partial charge in [0.2, 0.25) is 0 Å². The highest BCUT2D eigenvalue weighted by atomic mass is 15.3. The van der Waals surface area contributed by atoms with Gasteiger partial charge in [-0.1, -0.05) is 24.3 Å². The number of hydrogen-bond acceptors (Lipinski definition) is 3. The third kappa shape index (κ3) is 1.24. The SMILES string of the molecule is N#CC1C=NC2=Cc3ccccc3C=CN21. The first-order valence-corrected chi connectivity index (χ1v) is 5.09. The standard InChI is InChI=1S/C13H9N3/c14-8-12-9-15-13-7-11-4-2-1-3-10(11)5-6-16(12)13/h1-7,9,12H. The molecule has 0 fully saturated rings. The van der Waals surface area contributed by atoms with Crippen molar-refractivity contribution in [2.24, 2.45) is 4.99 Å². The fourth-order valence-corrected chi connectivity index (χ4v) is 1.90. The van der Waals surface area contributed by atoms with E-state index in [2.05, 4.69) is 17.1 Å². The van der Waals surface area contributed by atoms with Gasteiger partial charge in [-0.05, 0) is 23.3 Å². The third-order valence-electron chi connectivity index (χ3n) is 2.74. The lowest BCUT2D eigenvalue weighted by Gasteiger charge is -2.15. The minimum atomic E-state index is -0.281. The van der Waals surface area contributed by atoms with E-state index >= 15 is 0 Å². The van der Waals surface area contributed by atoms with E-state index in [-0.39, 0.29) is 6.04 Å². The van der Waals surface area contributed by atoms with E-state index in [1.165, 1.54) is 0 Å². The average molecular weight is 207 g/mol. The molecule has 2 heterocycles. The zero-order valence-corrected chi connectivity index (χ0v) is 8.54. The van der Waals surface area contributed by atoms with Crippen LogP contribution in [0.2, 0.25) is 0 Å². The quantitative estimate of drug-likeness (QED) is 0.654. The summed E-state index contributed by atoms with van der Waals surface area (Å²) in [6.07, 6.45) is 7.60. The maximum absolute atomic E-state index is 8.97. The summed E-state index contributed by atoms with van der Waals surface area (Å²) in [5.41, 5.74) is 2.28. The Balaban J connectivity index is 2.13. The molecular formula is C13H9N3. The molecule has 16 heavy (non-hydrogen) atoms. The monoisotopic (exact) mass is 207 g/mol. The molecule has 0 bridgehead atoms. The topological polar surface area (TPSA) is 39.4 Å². The molecule has 0 aromatic heterocycles. The first-order valence-electron chi connectivity index (χ1n) is 5.09. The molecule has 3 rings (SSSR count). The zero-order valence-electron chi connectivity index (χ0n) is 8.54. The van der Waals surface area contributed by atoms with Gasteiger partial charge in [-0.2, -0.15) is 5.26 Å². The summed E-state index contributed by atoms with van der Waals surface area (Å²) >= 11 is 0. The molecule has 0 saturated heterocycles. The Hall–Kier alpha value is -2.34. The van der Waals surface area contributed by atoms with Crippen molar-refractivity contribution in [2.45, 2.75) is 6.04 Å². The van der Waals surface area contributed by atoms with Crippen molar-refractivity contribution in [3.63, 3.8) is 0 Å². The van der Waals surface area contributed by atoms with Gasteiger partial charge in [0, 0.05) is 12.4 Å². The molecule has 1 atom stereocenters. The largest absolute Gasteiger partial charge is 0.311 e. The summed E-state index contributed by atoms with van der Waals surface area (Å²) in [6, 6.07) is 10.0. The first kappa shape index (κ1) is 8.93. The Bertz CT molecular complexity index is 561. The van der Waals surface area contributed by atoms with Crippen molar-refractivity contribution in [1.82, 2.24) is 4.90 Å². The van der Waals surface area contributed by atoms with Gasteiger partial charge >= 0.3 is 0 Å². The lowest BCUT2D eigenvalue weighted by molar-refractivity contribution is 0.504. The molecule has 0 aliphatic carbocycles. The number of hydrogen-bond donors (Lipinski definition) is 0. The highest BCUT2D eigenvalue weighted by molar-refractivity contribution is 5.78. The fourth-order valence-electron chi connectivity index (χ4n) is 1.90.